The van der Waals surface area contributed by atoms with Gasteiger partial charge in [0, 0.05) is 24.7 Å². The maximum absolute atomic E-state index is 13.8. The summed E-state index contributed by atoms with van der Waals surface area (Å²) in [5, 5.41) is 0. The number of carbonyl (C=O) groups is 1. The minimum atomic E-state index is -1.17. The Balaban J connectivity index is 2.33. The number of hydrogen-bond donors (Lipinski definition) is 1. The van der Waals surface area contributed by atoms with Crippen LogP contribution in [0.4, 0.5) is 13.2 Å². The van der Waals surface area contributed by atoms with Crippen molar-refractivity contribution < 1.29 is 18.0 Å². The fourth-order valence-corrected chi connectivity index (χ4v) is 3.12. The first-order chi connectivity index (χ1) is 9.99. The summed E-state index contributed by atoms with van der Waals surface area (Å²) >= 11 is 0. The van der Waals surface area contributed by atoms with Gasteiger partial charge in [-0.05, 0) is 32.2 Å². The van der Waals surface area contributed by atoms with Gasteiger partial charge in [0.1, 0.15) is 23.0 Å². The van der Waals surface area contributed by atoms with Crippen molar-refractivity contribution in [2.45, 2.75) is 32.2 Å². The first kappa shape index (κ1) is 15.8. The molecule has 1 fully saturated rings. The fraction of sp³-hybridized carbons (Fsp3) is 0.533. The highest BCUT2D eigenvalue weighted by atomic mass is 19.1. The van der Waals surface area contributed by atoms with Crippen LogP contribution in [0.2, 0.25) is 0 Å². The Morgan fingerprint density at radius 3 is 2.43 bits per heavy atom. The molecule has 2 unspecified atom stereocenters. The number of amides is 1. The quantitative estimate of drug-likeness (QED) is 0.929. The zero-order valence-corrected chi connectivity index (χ0v) is 11.9. The van der Waals surface area contributed by atoms with Crippen LogP contribution < -0.4 is 5.73 Å². The van der Waals surface area contributed by atoms with Gasteiger partial charge in [-0.2, -0.15) is 0 Å². The summed E-state index contributed by atoms with van der Waals surface area (Å²) in [6, 6.07) is 0.940. The Morgan fingerprint density at radius 2 is 1.90 bits per heavy atom. The second-order valence-corrected chi connectivity index (χ2v) is 5.33. The van der Waals surface area contributed by atoms with E-state index in [9.17, 15) is 18.0 Å². The predicted molar refractivity (Wildman–Crippen MR) is 73.2 cm³/mol. The van der Waals surface area contributed by atoms with E-state index in [2.05, 4.69) is 0 Å². The monoisotopic (exact) mass is 300 g/mol. The average molecular weight is 300 g/mol. The van der Waals surface area contributed by atoms with Gasteiger partial charge < -0.3 is 10.6 Å². The van der Waals surface area contributed by atoms with Gasteiger partial charge in [-0.3, -0.25) is 4.79 Å². The molecule has 0 heterocycles. The van der Waals surface area contributed by atoms with Crippen LogP contribution in [0.5, 0.6) is 0 Å². The third-order valence-corrected chi connectivity index (χ3v) is 4.14. The molecular formula is C15H19F3N2O. The Hall–Kier alpha value is -1.56. The molecule has 2 atom stereocenters. The maximum atomic E-state index is 13.8. The van der Waals surface area contributed by atoms with E-state index < -0.39 is 28.9 Å². The van der Waals surface area contributed by atoms with Crippen molar-refractivity contribution in [3.63, 3.8) is 0 Å². The number of benzene rings is 1. The van der Waals surface area contributed by atoms with Gasteiger partial charge in [0.25, 0.3) is 5.91 Å². The summed E-state index contributed by atoms with van der Waals surface area (Å²) in [5.41, 5.74) is 5.01. The number of nitrogens with zero attached hydrogens (tertiary/aromatic N) is 1. The number of rotatable bonds is 4. The molecule has 3 nitrogen and oxygen atoms in total. The minimum Gasteiger partial charge on any atom is -0.335 e. The largest absolute Gasteiger partial charge is 0.335 e. The molecule has 116 valence electrons. The zero-order valence-electron chi connectivity index (χ0n) is 11.9. The molecule has 0 bridgehead atoms. The fourth-order valence-electron chi connectivity index (χ4n) is 3.12. The molecule has 1 aromatic carbocycles. The van der Waals surface area contributed by atoms with Crippen molar-refractivity contribution in [1.29, 1.82) is 0 Å². The van der Waals surface area contributed by atoms with Gasteiger partial charge >= 0.3 is 0 Å². The molecule has 1 aromatic rings. The topological polar surface area (TPSA) is 46.3 Å². The van der Waals surface area contributed by atoms with Crippen LogP contribution in [-0.4, -0.2) is 29.9 Å². The SMILES string of the molecule is CCN(C(=O)c1c(F)cc(F)cc1F)C1CCCC1CN. The molecule has 2 rings (SSSR count). The molecule has 0 saturated heterocycles. The smallest absolute Gasteiger partial charge is 0.260 e. The molecule has 1 aliphatic rings. The van der Waals surface area contributed by atoms with E-state index in [1.54, 1.807) is 6.92 Å². The highest BCUT2D eigenvalue weighted by molar-refractivity contribution is 5.95. The zero-order chi connectivity index (χ0) is 15.6. The molecule has 21 heavy (non-hydrogen) atoms. The number of carbonyl (C=O) groups excluding carboxylic acids is 1. The van der Waals surface area contributed by atoms with E-state index in [1.165, 1.54) is 4.90 Å². The molecule has 0 spiro atoms. The van der Waals surface area contributed by atoms with Gasteiger partial charge in [-0.15, -0.1) is 0 Å². The van der Waals surface area contributed by atoms with Gasteiger partial charge in [0.15, 0.2) is 0 Å². The van der Waals surface area contributed by atoms with Crippen molar-refractivity contribution >= 4 is 5.91 Å². The van der Waals surface area contributed by atoms with Crippen LogP contribution in [0.15, 0.2) is 12.1 Å². The van der Waals surface area contributed by atoms with Crippen molar-refractivity contribution in [3.05, 3.63) is 35.1 Å². The Morgan fingerprint density at radius 1 is 1.29 bits per heavy atom. The second kappa shape index (κ2) is 6.47. The molecule has 0 aliphatic heterocycles. The highest BCUT2D eigenvalue weighted by Crippen LogP contribution is 2.31. The van der Waals surface area contributed by atoms with Crippen LogP contribution in [0.25, 0.3) is 0 Å². The average Bonchev–Trinajstić information content (AvgIpc) is 2.86. The maximum Gasteiger partial charge on any atom is 0.260 e. The van der Waals surface area contributed by atoms with Crippen LogP contribution in [0.3, 0.4) is 0 Å². The van der Waals surface area contributed by atoms with Gasteiger partial charge in [-0.25, -0.2) is 13.2 Å². The Kier molecular flexibility index (Phi) is 4.88. The highest BCUT2D eigenvalue weighted by Gasteiger charge is 2.35. The minimum absolute atomic E-state index is 0.114. The van der Waals surface area contributed by atoms with E-state index in [1.807, 2.05) is 0 Å². The van der Waals surface area contributed by atoms with Crippen molar-refractivity contribution in [1.82, 2.24) is 4.90 Å². The summed E-state index contributed by atoms with van der Waals surface area (Å²) in [4.78, 5) is 13.9. The first-order valence-corrected chi connectivity index (χ1v) is 7.15. The van der Waals surface area contributed by atoms with Gasteiger partial charge in [0.05, 0.1) is 0 Å². The second-order valence-electron chi connectivity index (χ2n) is 5.33. The van der Waals surface area contributed by atoms with E-state index >= 15 is 0 Å². The van der Waals surface area contributed by atoms with Crippen LogP contribution in [-0.2, 0) is 0 Å². The molecule has 1 saturated carbocycles. The number of halogens is 3. The van der Waals surface area contributed by atoms with E-state index in [4.69, 9.17) is 5.73 Å². The normalized spacial score (nSPS) is 21.6. The molecule has 0 aromatic heterocycles. The third-order valence-electron chi connectivity index (χ3n) is 4.14. The predicted octanol–water partition coefficient (Wildman–Crippen LogP) is 2.69. The van der Waals surface area contributed by atoms with E-state index in [-0.39, 0.29) is 12.0 Å². The van der Waals surface area contributed by atoms with Crippen molar-refractivity contribution in [2.24, 2.45) is 11.7 Å². The third kappa shape index (κ3) is 3.05. The summed E-state index contributed by atoms with van der Waals surface area (Å²) in [7, 11) is 0. The molecular weight excluding hydrogens is 281 g/mol. The number of hydrogen-bond acceptors (Lipinski definition) is 2. The van der Waals surface area contributed by atoms with Crippen LogP contribution in [0, 0.1) is 23.4 Å². The summed E-state index contributed by atoms with van der Waals surface area (Å²) < 4.78 is 40.5. The summed E-state index contributed by atoms with van der Waals surface area (Å²) in [5.74, 6) is -3.97. The van der Waals surface area contributed by atoms with E-state index in [0.29, 0.717) is 25.2 Å². The Bertz CT molecular complexity index is 513. The lowest BCUT2D eigenvalue weighted by Crippen LogP contribution is -2.44. The molecule has 6 heteroatoms. The first-order valence-electron chi connectivity index (χ1n) is 7.15. The van der Waals surface area contributed by atoms with Crippen molar-refractivity contribution in [2.75, 3.05) is 13.1 Å². The summed E-state index contributed by atoms with van der Waals surface area (Å²) in [6.45, 7) is 2.52. The molecule has 0 radical (unpaired) electrons. The van der Waals surface area contributed by atoms with Crippen LogP contribution >= 0.6 is 0 Å². The lowest BCUT2D eigenvalue weighted by molar-refractivity contribution is 0.0642. The standard InChI is InChI=1S/C15H19F3N2O/c1-2-20(13-5-3-4-9(13)8-19)15(21)14-11(17)6-10(16)7-12(14)18/h6-7,9,13H,2-5,8,19H2,1H3. The van der Waals surface area contributed by atoms with Gasteiger partial charge in [-0.1, -0.05) is 6.42 Å². The van der Waals surface area contributed by atoms with Crippen LogP contribution in [0.1, 0.15) is 36.5 Å². The van der Waals surface area contributed by atoms with Gasteiger partial charge in [0.2, 0.25) is 0 Å². The lowest BCUT2D eigenvalue weighted by atomic mass is 10.0. The molecule has 1 amide bonds. The molecule has 2 N–H and O–H groups in total. The van der Waals surface area contributed by atoms with Crippen molar-refractivity contribution in [3.8, 4) is 0 Å². The summed E-state index contributed by atoms with van der Waals surface area (Å²) in [6.07, 6.45) is 2.61. The molecule has 1 aliphatic carbocycles. The van der Waals surface area contributed by atoms with E-state index in [0.717, 1.165) is 19.3 Å². The lowest BCUT2D eigenvalue weighted by Gasteiger charge is -2.32. The Labute approximate surface area is 121 Å². The number of nitrogens with two attached hydrogens (primary N) is 1.